The molecule has 60 valence electrons. The van der Waals surface area contributed by atoms with Crippen molar-refractivity contribution in [2.24, 2.45) is 15.8 Å². The molecule has 0 heterocycles. The molecule has 0 aromatic rings. The minimum Gasteiger partial charge on any atom is -0.281 e. The van der Waals surface area contributed by atoms with Crippen molar-refractivity contribution in [1.29, 1.82) is 0 Å². The topological polar surface area (TPSA) is 28.0 Å². The first-order valence-corrected chi connectivity index (χ1v) is 3.46. The van der Waals surface area contributed by atoms with Crippen molar-refractivity contribution in [1.82, 2.24) is 5.01 Å². The Balaban J connectivity index is 3.68. The fourth-order valence-corrected chi connectivity index (χ4v) is 0.871. The van der Waals surface area contributed by atoms with Crippen molar-refractivity contribution in [3.63, 3.8) is 0 Å². The molecule has 10 heavy (non-hydrogen) atoms. The van der Waals surface area contributed by atoms with Crippen LogP contribution in [0, 0.1) is 5.41 Å². The molecule has 0 fully saturated rings. The van der Waals surface area contributed by atoms with Gasteiger partial charge in [-0.15, -0.1) is 0 Å². The van der Waals surface area contributed by atoms with E-state index in [1.807, 2.05) is 12.1 Å². The summed E-state index contributed by atoms with van der Waals surface area (Å²) in [4.78, 5) is 0. The van der Waals surface area contributed by atoms with Crippen molar-refractivity contribution in [3.8, 4) is 0 Å². The van der Waals surface area contributed by atoms with Gasteiger partial charge in [0.15, 0.2) is 0 Å². The van der Waals surface area contributed by atoms with Crippen LogP contribution in [0.3, 0.4) is 0 Å². The SMILES string of the molecule is CN=NN(C)CC(C)(C)C. The van der Waals surface area contributed by atoms with Crippen LogP contribution < -0.4 is 0 Å². The second-order valence-electron chi connectivity index (χ2n) is 3.67. The second-order valence-corrected chi connectivity index (χ2v) is 3.67. The van der Waals surface area contributed by atoms with E-state index < -0.39 is 0 Å². The average Bonchev–Trinajstić information content (AvgIpc) is 1.59. The Kier molecular flexibility index (Phi) is 3.33. The number of hydrogen-bond donors (Lipinski definition) is 0. The van der Waals surface area contributed by atoms with Gasteiger partial charge < -0.3 is 0 Å². The lowest BCUT2D eigenvalue weighted by atomic mass is 9.97. The monoisotopic (exact) mass is 143 g/mol. The van der Waals surface area contributed by atoms with E-state index >= 15 is 0 Å². The maximum atomic E-state index is 3.87. The van der Waals surface area contributed by atoms with Crippen LogP contribution in [0.5, 0.6) is 0 Å². The lowest BCUT2D eigenvalue weighted by Crippen LogP contribution is -2.24. The van der Waals surface area contributed by atoms with E-state index in [-0.39, 0.29) is 0 Å². The number of hydrogen-bond acceptors (Lipinski definition) is 2. The van der Waals surface area contributed by atoms with Gasteiger partial charge in [0.2, 0.25) is 0 Å². The normalized spacial score (nSPS) is 12.5. The lowest BCUT2D eigenvalue weighted by Gasteiger charge is -2.22. The smallest absolute Gasteiger partial charge is 0.0509 e. The predicted molar refractivity (Wildman–Crippen MR) is 42.9 cm³/mol. The molecular weight excluding hydrogens is 126 g/mol. The molecule has 0 N–H and O–H groups in total. The zero-order valence-corrected chi connectivity index (χ0v) is 7.55. The van der Waals surface area contributed by atoms with Crippen molar-refractivity contribution >= 4 is 0 Å². The summed E-state index contributed by atoms with van der Waals surface area (Å²) >= 11 is 0. The first kappa shape index (κ1) is 9.40. The number of rotatable bonds is 2. The molecule has 0 aliphatic heterocycles. The van der Waals surface area contributed by atoms with Crippen LogP contribution in [-0.2, 0) is 0 Å². The first-order valence-electron chi connectivity index (χ1n) is 3.46. The third-order valence-corrected chi connectivity index (χ3v) is 0.945. The van der Waals surface area contributed by atoms with Crippen LogP contribution in [-0.4, -0.2) is 25.6 Å². The van der Waals surface area contributed by atoms with Gasteiger partial charge in [-0.25, -0.2) is 0 Å². The maximum Gasteiger partial charge on any atom is 0.0509 e. The van der Waals surface area contributed by atoms with Gasteiger partial charge in [0.25, 0.3) is 0 Å². The summed E-state index contributed by atoms with van der Waals surface area (Å²) in [6, 6.07) is 0. The Labute approximate surface area is 63.1 Å². The van der Waals surface area contributed by atoms with E-state index in [1.54, 1.807) is 7.05 Å². The quantitative estimate of drug-likeness (QED) is 0.429. The summed E-state index contributed by atoms with van der Waals surface area (Å²) in [6.45, 7) is 7.46. The molecule has 0 aromatic heterocycles. The summed E-state index contributed by atoms with van der Waals surface area (Å²) in [5.74, 6) is 0. The van der Waals surface area contributed by atoms with Gasteiger partial charge >= 0.3 is 0 Å². The van der Waals surface area contributed by atoms with Crippen LogP contribution in [0.4, 0.5) is 0 Å². The Hall–Kier alpha value is -0.600. The van der Waals surface area contributed by atoms with Gasteiger partial charge in [-0.2, -0.15) is 5.11 Å². The molecular formula is C7H17N3. The Morgan fingerprint density at radius 3 is 2.10 bits per heavy atom. The van der Waals surface area contributed by atoms with E-state index in [2.05, 4.69) is 31.1 Å². The zero-order chi connectivity index (χ0) is 8.20. The molecule has 0 radical (unpaired) electrons. The van der Waals surface area contributed by atoms with E-state index in [0.29, 0.717) is 5.41 Å². The van der Waals surface area contributed by atoms with Crippen LogP contribution in [0.2, 0.25) is 0 Å². The summed E-state index contributed by atoms with van der Waals surface area (Å²) in [7, 11) is 3.61. The highest BCUT2D eigenvalue weighted by Crippen LogP contribution is 2.13. The van der Waals surface area contributed by atoms with Gasteiger partial charge in [0.1, 0.15) is 0 Å². The third kappa shape index (κ3) is 5.54. The minimum absolute atomic E-state index is 0.295. The molecule has 0 saturated carbocycles. The molecule has 0 aliphatic carbocycles. The van der Waals surface area contributed by atoms with Crippen molar-refractivity contribution in [2.45, 2.75) is 20.8 Å². The Bertz CT molecular complexity index is 113. The molecule has 0 bridgehead atoms. The van der Waals surface area contributed by atoms with Crippen molar-refractivity contribution in [2.75, 3.05) is 20.6 Å². The molecule has 0 aliphatic rings. The van der Waals surface area contributed by atoms with Gasteiger partial charge in [-0.1, -0.05) is 26.0 Å². The van der Waals surface area contributed by atoms with E-state index in [4.69, 9.17) is 0 Å². The summed E-state index contributed by atoms with van der Waals surface area (Å²) in [6.07, 6.45) is 0. The molecule has 0 atom stereocenters. The van der Waals surface area contributed by atoms with E-state index in [1.165, 1.54) is 0 Å². The number of nitrogens with zero attached hydrogens (tertiary/aromatic N) is 3. The molecule has 0 spiro atoms. The van der Waals surface area contributed by atoms with Gasteiger partial charge in [-0.05, 0) is 5.41 Å². The highest BCUT2D eigenvalue weighted by Gasteiger charge is 2.11. The Morgan fingerprint density at radius 2 is 1.80 bits per heavy atom. The van der Waals surface area contributed by atoms with Crippen LogP contribution in [0.15, 0.2) is 10.3 Å². The molecule has 0 rings (SSSR count). The zero-order valence-electron chi connectivity index (χ0n) is 7.55. The summed E-state index contributed by atoms with van der Waals surface area (Å²) in [5.41, 5.74) is 0.295. The summed E-state index contributed by atoms with van der Waals surface area (Å²) in [5, 5.41) is 9.39. The third-order valence-electron chi connectivity index (χ3n) is 0.945. The molecule has 3 heteroatoms. The first-order chi connectivity index (χ1) is 4.45. The summed E-state index contributed by atoms with van der Waals surface area (Å²) < 4.78 is 0. The largest absolute Gasteiger partial charge is 0.281 e. The average molecular weight is 143 g/mol. The molecule has 3 nitrogen and oxygen atoms in total. The van der Waals surface area contributed by atoms with Crippen LogP contribution in [0.25, 0.3) is 0 Å². The standard InChI is InChI=1S/C7H17N3/c1-7(2,3)6-10(5)9-8-4/h6H2,1-5H3. The van der Waals surface area contributed by atoms with Gasteiger partial charge in [-0.3, -0.25) is 5.01 Å². The Morgan fingerprint density at radius 1 is 1.30 bits per heavy atom. The van der Waals surface area contributed by atoms with Gasteiger partial charge in [0.05, 0.1) is 7.05 Å². The molecule has 0 saturated heterocycles. The minimum atomic E-state index is 0.295. The van der Waals surface area contributed by atoms with Crippen molar-refractivity contribution in [3.05, 3.63) is 0 Å². The molecule has 0 unspecified atom stereocenters. The highest BCUT2D eigenvalue weighted by atomic mass is 15.5. The molecule has 0 aromatic carbocycles. The molecule has 0 amide bonds. The van der Waals surface area contributed by atoms with Crippen LogP contribution >= 0.6 is 0 Å². The highest BCUT2D eigenvalue weighted by molar-refractivity contribution is 4.63. The fraction of sp³-hybridized carbons (Fsp3) is 1.00. The fourth-order valence-electron chi connectivity index (χ4n) is 0.871. The van der Waals surface area contributed by atoms with Crippen molar-refractivity contribution < 1.29 is 0 Å². The van der Waals surface area contributed by atoms with Gasteiger partial charge in [0, 0.05) is 13.6 Å². The van der Waals surface area contributed by atoms with E-state index in [9.17, 15) is 0 Å². The lowest BCUT2D eigenvalue weighted by molar-refractivity contribution is 0.222. The van der Waals surface area contributed by atoms with Crippen LogP contribution in [0.1, 0.15) is 20.8 Å². The van der Waals surface area contributed by atoms with E-state index in [0.717, 1.165) is 6.54 Å². The second kappa shape index (κ2) is 3.54. The predicted octanol–water partition coefficient (Wildman–Crippen LogP) is 1.96. The maximum absolute atomic E-state index is 3.87.